The van der Waals surface area contributed by atoms with Crippen molar-refractivity contribution >= 4 is 0 Å². The first kappa shape index (κ1) is 9.70. The minimum Gasteiger partial charge on any atom is -0.347 e. The molecule has 76 valence electrons. The number of nitrogens with zero attached hydrogens (tertiary/aromatic N) is 1. The van der Waals surface area contributed by atoms with Crippen LogP contribution in [0, 0.1) is 11.3 Å². The van der Waals surface area contributed by atoms with E-state index in [1.54, 1.807) is 0 Å². The Morgan fingerprint density at radius 2 is 2.07 bits per heavy atom. The summed E-state index contributed by atoms with van der Waals surface area (Å²) in [5.74, 6) is -0.470. The van der Waals surface area contributed by atoms with Crippen LogP contribution in [0.4, 0.5) is 0 Å². The largest absolute Gasteiger partial charge is 0.347 e. The van der Waals surface area contributed by atoms with Gasteiger partial charge in [0, 0.05) is 18.4 Å². The van der Waals surface area contributed by atoms with Gasteiger partial charge >= 0.3 is 0 Å². The van der Waals surface area contributed by atoms with Crippen molar-refractivity contribution in [2.24, 2.45) is 0 Å². The van der Waals surface area contributed by atoms with Crippen LogP contribution in [0.25, 0.3) is 0 Å². The van der Waals surface area contributed by atoms with Gasteiger partial charge in [-0.15, -0.1) is 0 Å². The van der Waals surface area contributed by atoms with E-state index in [2.05, 4.69) is 6.07 Å². The summed E-state index contributed by atoms with van der Waals surface area (Å²) in [6.07, 6.45) is 6.83. The van der Waals surface area contributed by atoms with E-state index in [-0.39, 0.29) is 0 Å². The summed E-state index contributed by atoms with van der Waals surface area (Å²) in [5, 5.41) is 8.92. The fourth-order valence-electron chi connectivity index (χ4n) is 2.09. The molecule has 1 aliphatic carbocycles. The topological polar surface area (TPSA) is 42.2 Å². The van der Waals surface area contributed by atoms with Gasteiger partial charge in [0.15, 0.2) is 5.79 Å². The van der Waals surface area contributed by atoms with E-state index in [0.717, 1.165) is 31.3 Å². The van der Waals surface area contributed by atoms with E-state index >= 15 is 0 Å². The third-order valence-electron chi connectivity index (χ3n) is 2.82. The molecule has 0 saturated carbocycles. The lowest BCUT2D eigenvalue weighted by Crippen LogP contribution is -2.31. The van der Waals surface area contributed by atoms with Gasteiger partial charge in [0.25, 0.3) is 0 Å². The molecule has 0 aromatic rings. The van der Waals surface area contributed by atoms with E-state index in [0.29, 0.717) is 19.6 Å². The van der Waals surface area contributed by atoms with Crippen molar-refractivity contribution in [1.29, 1.82) is 5.26 Å². The van der Waals surface area contributed by atoms with Gasteiger partial charge in [0.2, 0.25) is 0 Å². The number of nitriles is 1. The Hall–Kier alpha value is -0.850. The standard InChI is InChI=1S/C11H15NO2/c12-9-10-4-2-1-3-5-11(8-10)13-6-7-14-11/h4H,1-3,5-8H2/b10-4+. The molecule has 2 rings (SSSR count). The molecule has 0 bridgehead atoms. The normalized spacial score (nSPS) is 30.1. The van der Waals surface area contributed by atoms with Crippen LogP contribution < -0.4 is 0 Å². The lowest BCUT2D eigenvalue weighted by Gasteiger charge is -2.28. The molecular weight excluding hydrogens is 178 g/mol. The van der Waals surface area contributed by atoms with Crippen LogP contribution in [-0.2, 0) is 9.47 Å². The van der Waals surface area contributed by atoms with Crippen molar-refractivity contribution in [2.45, 2.75) is 37.9 Å². The molecule has 3 nitrogen and oxygen atoms in total. The van der Waals surface area contributed by atoms with E-state index < -0.39 is 5.79 Å². The Bertz CT molecular complexity index is 272. The average molecular weight is 193 g/mol. The van der Waals surface area contributed by atoms with Gasteiger partial charge < -0.3 is 9.47 Å². The molecule has 0 atom stereocenters. The fraction of sp³-hybridized carbons (Fsp3) is 0.727. The number of hydrogen-bond donors (Lipinski definition) is 0. The highest BCUT2D eigenvalue weighted by molar-refractivity contribution is 5.22. The van der Waals surface area contributed by atoms with Crippen LogP contribution in [-0.4, -0.2) is 19.0 Å². The molecule has 0 radical (unpaired) electrons. The van der Waals surface area contributed by atoms with Gasteiger partial charge in [-0.1, -0.05) is 6.08 Å². The monoisotopic (exact) mass is 193 g/mol. The quantitative estimate of drug-likeness (QED) is 0.592. The van der Waals surface area contributed by atoms with Crippen LogP contribution in [0.1, 0.15) is 32.1 Å². The first-order valence-electron chi connectivity index (χ1n) is 5.22. The zero-order valence-corrected chi connectivity index (χ0v) is 8.29. The second-order valence-corrected chi connectivity index (χ2v) is 3.87. The van der Waals surface area contributed by atoms with Crippen molar-refractivity contribution in [3.63, 3.8) is 0 Å². The molecule has 0 N–H and O–H groups in total. The number of rotatable bonds is 0. The van der Waals surface area contributed by atoms with E-state index in [1.807, 2.05) is 6.08 Å². The highest BCUT2D eigenvalue weighted by atomic mass is 16.7. The molecule has 1 aliphatic heterocycles. The van der Waals surface area contributed by atoms with E-state index in [1.165, 1.54) is 0 Å². The van der Waals surface area contributed by atoms with Crippen molar-refractivity contribution in [1.82, 2.24) is 0 Å². The summed E-state index contributed by atoms with van der Waals surface area (Å²) in [5.41, 5.74) is 0.812. The van der Waals surface area contributed by atoms with Crippen molar-refractivity contribution in [2.75, 3.05) is 13.2 Å². The Morgan fingerprint density at radius 3 is 2.79 bits per heavy atom. The fourth-order valence-corrected chi connectivity index (χ4v) is 2.09. The summed E-state index contributed by atoms with van der Waals surface area (Å²) in [4.78, 5) is 0. The van der Waals surface area contributed by atoms with Crippen LogP contribution in [0.15, 0.2) is 11.6 Å². The van der Waals surface area contributed by atoms with Gasteiger partial charge in [0.05, 0.1) is 19.3 Å². The molecule has 14 heavy (non-hydrogen) atoms. The van der Waals surface area contributed by atoms with Crippen LogP contribution in [0.3, 0.4) is 0 Å². The minimum absolute atomic E-state index is 0.470. The summed E-state index contributed by atoms with van der Waals surface area (Å²) in [7, 11) is 0. The highest BCUT2D eigenvalue weighted by Gasteiger charge is 2.37. The maximum absolute atomic E-state index is 8.92. The molecule has 1 heterocycles. The Morgan fingerprint density at radius 1 is 1.29 bits per heavy atom. The van der Waals surface area contributed by atoms with Gasteiger partial charge in [-0.2, -0.15) is 5.26 Å². The van der Waals surface area contributed by atoms with Gasteiger partial charge in [-0.25, -0.2) is 0 Å². The predicted molar refractivity (Wildman–Crippen MR) is 51.4 cm³/mol. The van der Waals surface area contributed by atoms with Crippen LogP contribution in [0.5, 0.6) is 0 Å². The first-order valence-corrected chi connectivity index (χ1v) is 5.22. The summed E-state index contributed by atoms with van der Waals surface area (Å²) >= 11 is 0. The Balaban J connectivity index is 2.13. The minimum atomic E-state index is -0.470. The summed E-state index contributed by atoms with van der Waals surface area (Å²) in [6, 6.07) is 2.22. The van der Waals surface area contributed by atoms with Gasteiger partial charge in [-0.3, -0.25) is 0 Å². The number of allylic oxidation sites excluding steroid dienone is 1. The zero-order chi connectivity index (χ0) is 9.86. The maximum Gasteiger partial charge on any atom is 0.173 e. The molecule has 0 aromatic carbocycles. The smallest absolute Gasteiger partial charge is 0.173 e. The zero-order valence-electron chi connectivity index (χ0n) is 8.29. The predicted octanol–water partition coefficient (Wildman–Crippen LogP) is 2.14. The molecule has 1 saturated heterocycles. The Labute approximate surface area is 84.3 Å². The highest BCUT2D eigenvalue weighted by Crippen LogP contribution is 2.34. The molecule has 2 aliphatic rings. The molecule has 1 spiro atoms. The van der Waals surface area contributed by atoms with E-state index in [4.69, 9.17) is 14.7 Å². The molecular formula is C11H15NO2. The summed E-state index contributed by atoms with van der Waals surface area (Å²) in [6.45, 7) is 1.33. The molecule has 3 heteroatoms. The number of ether oxygens (including phenoxy) is 2. The Kier molecular flexibility index (Phi) is 2.85. The third kappa shape index (κ3) is 1.97. The maximum atomic E-state index is 8.92. The average Bonchev–Trinajstić information content (AvgIpc) is 2.61. The van der Waals surface area contributed by atoms with Gasteiger partial charge in [-0.05, 0) is 19.3 Å². The lowest BCUT2D eigenvalue weighted by atomic mass is 9.95. The molecule has 1 fully saturated rings. The molecule has 0 aromatic heterocycles. The lowest BCUT2D eigenvalue weighted by molar-refractivity contribution is -0.161. The van der Waals surface area contributed by atoms with E-state index in [9.17, 15) is 0 Å². The van der Waals surface area contributed by atoms with Crippen molar-refractivity contribution in [3.8, 4) is 6.07 Å². The third-order valence-corrected chi connectivity index (χ3v) is 2.82. The summed E-state index contributed by atoms with van der Waals surface area (Å²) < 4.78 is 11.3. The van der Waals surface area contributed by atoms with Crippen LogP contribution >= 0.6 is 0 Å². The number of hydrogen-bond acceptors (Lipinski definition) is 3. The second-order valence-electron chi connectivity index (χ2n) is 3.87. The second kappa shape index (κ2) is 4.12. The SMILES string of the molecule is N#C/C1=C/CCCCC2(C1)OCCO2. The molecule has 0 amide bonds. The van der Waals surface area contributed by atoms with Crippen molar-refractivity contribution in [3.05, 3.63) is 11.6 Å². The molecule has 0 unspecified atom stereocenters. The van der Waals surface area contributed by atoms with Gasteiger partial charge in [0.1, 0.15) is 0 Å². The van der Waals surface area contributed by atoms with Crippen molar-refractivity contribution < 1.29 is 9.47 Å². The van der Waals surface area contributed by atoms with Crippen LogP contribution in [0.2, 0.25) is 0 Å². The first-order chi connectivity index (χ1) is 6.85.